The van der Waals surface area contributed by atoms with Gasteiger partial charge >= 0.3 is 0 Å². The Hall–Kier alpha value is -1.62. The molecule has 1 aliphatic rings. The fourth-order valence-electron chi connectivity index (χ4n) is 1.56. The Morgan fingerprint density at radius 1 is 1.50 bits per heavy atom. The number of hydrogen-bond acceptors (Lipinski definition) is 4. The van der Waals surface area contributed by atoms with Gasteiger partial charge in [-0.05, 0) is 30.9 Å². The number of ether oxygens (including phenoxy) is 1. The van der Waals surface area contributed by atoms with Gasteiger partial charge < -0.3 is 15.4 Å². The van der Waals surface area contributed by atoms with Crippen molar-refractivity contribution in [1.82, 2.24) is 10.3 Å². The highest BCUT2D eigenvalue weighted by molar-refractivity contribution is 5.92. The van der Waals surface area contributed by atoms with Gasteiger partial charge in [0.25, 0.3) is 5.91 Å². The number of nitrogens with one attached hydrogen (secondary N) is 2. The molecule has 0 aromatic carbocycles. The number of carbonyl (C=O) groups is 1. The Kier molecular flexibility index (Phi) is 4.52. The second-order valence-electron chi connectivity index (χ2n) is 4.43. The number of carbonyl (C=O) groups excluding carboxylic acids is 1. The molecular formula is C13H19N3O2. The van der Waals surface area contributed by atoms with Crippen LogP contribution >= 0.6 is 0 Å². The third-order valence-electron chi connectivity index (χ3n) is 2.82. The quantitative estimate of drug-likeness (QED) is 0.715. The van der Waals surface area contributed by atoms with Crippen molar-refractivity contribution in [1.29, 1.82) is 0 Å². The third kappa shape index (κ3) is 4.00. The lowest BCUT2D eigenvalue weighted by atomic mass is 10.3. The zero-order chi connectivity index (χ0) is 12.8. The summed E-state index contributed by atoms with van der Waals surface area (Å²) < 4.78 is 5.44. The van der Waals surface area contributed by atoms with Crippen molar-refractivity contribution in [3.05, 3.63) is 23.9 Å². The van der Waals surface area contributed by atoms with Gasteiger partial charge in [0.1, 0.15) is 11.5 Å². The minimum absolute atomic E-state index is 0.165. The van der Waals surface area contributed by atoms with Crippen molar-refractivity contribution in [2.24, 2.45) is 5.92 Å². The Bertz CT molecular complexity index is 405. The minimum atomic E-state index is -0.165. The zero-order valence-corrected chi connectivity index (χ0v) is 10.6. The number of aromatic nitrogens is 1. The van der Waals surface area contributed by atoms with E-state index in [0.29, 0.717) is 24.7 Å². The van der Waals surface area contributed by atoms with E-state index in [1.165, 1.54) is 12.8 Å². The first kappa shape index (κ1) is 12.8. The van der Waals surface area contributed by atoms with Gasteiger partial charge in [-0.25, -0.2) is 4.98 Å². The second-order valence-corrected chi connectivity index (χ2v) is 4.43. The Balaban J connectivity index is 1.69. The summed E-state index contributed by atoms with van der Waals surface area (Å²) >= 11 is 0. The van der Waals surface area contributed by atoms with Crippen molar-refractivity contribution < 1.29 is 9.53 Å². The van der Waals surface area contributed by atoms with Crippen LogP contribution in [0.15, 0.2) is 18.2 Å². The summed E-state index contributed by atoms with van der Waals surface area (Å²) in [5, 5.41) is 5.69. The lowest BCUT2D eigenvalue weighted by molar-refractivity contribution is 0.0902. The van der Waals surface area contributed by atoms with E-state index in [0.717, 1.165) is 12.5 Å². The Morgan fingerprint density at radius 3 is 3.06 bits per heavy atom. The first-order chi connectivity index (χ1) is 8.79. The van der Waals surface area contributed by atoms with E-state index in [-0.39, 0.29) is 5.91 Å². The molecule has 1 heterocycles. The number of nitrogens with zero attached hydrogens (tertiary/aromatic N) is 1. The third-order valence-corrected chi connectivity index (χ3v) is 2.82. The molecule has 1 saturated carbocycles. The van der Waals surface area contributed by atoms with Crippen molar-refractivity contribution in [3.63, 3.8) is 0 Å². The maximum atomic E-state index is 11.8. The van der Waals surface area contributed by atoms with Crippen LogP contribution in [-0.4, -0.2) is 37.7 Å². The summed E-state index contributed by atoms with van der Waals surface area (Å²) in [6.07, 6.45) is 2.57. The molecule has 98 valence electrons. The predicted octanol–water partition coefficient (Wildman–Crippen LogP) is 1.28. The number of rotatable bonds is 7. The number of hydrogen-bond donors (Lipinski definition) is 2. The maximum Gasteiger partial charge on any atom is 0.270 e. The fraction of sp³-hybridized carbons (Fsp3) is 0.538. The average molecular weight is 249 g/mol. The maximum absolute atomic E-state index is 11.8. The summed E-state index contributed by atoms with van der Waals surface area (Å²) in [5.74, 6) is 1.28. The molecule has 0 unspecified atom stereocenters. The van der Waals surface area contributed by atoms with E-state index < -0.39 is 0 Å². The van der Waals surface area contributed by atoms with Crippen LogP contribution in [-0.2, 0) is 4.74 Å². The topological polar surface area (TPSA) is 63.2 Å². The van der Waals surface area contributed by atoms with Crippen LogP contribution in [0.1, 0.15) is 23.3 Å². The molecule has 1 fully saturated rings. The molecule has 2 N–H and O–H groups in total. The summed E-state index contributed by atoms with van der Waals surface area (Å²) in [4.78, 5) is 15.9. The van der Waals surface area contributed by atoms with Gasteiger partial charge in [0.15, 0.2) is 0 Å². The van der Waals surface area contributed by atoms with Crippen LogP contribution in [0.4, 0.5) is 5.82 Å². The zero-order valence-electron chi connectivity index (χ0n) is 10.6. The Labute approximate surface area is 107 Å². The van der Waals surface area contributed by atoms with E-state index in [4.69, 9.17) is 4.74 Å². The van der Waals surface area contributed by atoms with Crippen molar-refractivity contribution in [3.8, 4) is 0 Å². The van der Waals surface area contributed by atoms with E-state index in [1.807, 2.05) is 6.07 Å². The summed E-state index contributed by atoms with van der Waals surface area (Å²) in [7, 11) is 1.77. The van der Waals surface area contributed by atoms with Gasteiger partial charge in [-0.15, -0.1) is 0 Å². The smallest absolute Gasteiger partial charge is 0.270 e. The minimum Gasteiger partial charge on any atom is -0.379 e. The molecule has 2 rings (SSSR count). The lowest BCUT2D eigenvalue weighted by Gasteiger charge is -2.06. The van der Waals surface area contributed by atoms with Crippen LogP contribution in [0.5, 0.6) is 0 Å². The van der Waals surface area contributed by atoms with Gasteiger partial charge in [-0.2, -0.15) is 0 Å². The van der Waals surface area contributed by atoms with Crippen LogP contribution in [0.3, 0.4) is 0 Å². The van der Waals surface area contributed by atoms with Crippen LogP contribution in [0, 0.1) is 5.92 Å². The monoisotopic (exact) mass is 249 g/mol. The number of anilines is 1. The average Bonchev–Trinajstić information content (AvgIpc) is 3.22. The molecular weight excluding hydrogens is 230 g/mol. The van der Waals surface area contributed by atoms with Crippen LogP contribution in [0.2, 0.25) is 0 Å². The molecule has 1 aromatic heterocycles. The molecule has 5 heteroatoms. The van der Waals surface area contributed by atoms with Gasteiger partial charge in [-0.3, -0.25) is 4.79 Å². The molecule has 0 atom stereocenters. The molecule has 1 aromatic rings. The number of amides is 1. The van der Waals surface area contributed by atoms with Crippen LogP contribution < -0.4 is 10.6 Å². The highest BCUT2D eigenvalue weighted by atomic mass is 16.5. The first-order valence-electron chi connectivity index (χ1n) is 6.30. The van der Waals surface area contributed by atoms with Gasteiger partial charge in [0.05, 0.1) is 6.61 Å². The van der Waals surface area contributed by atoms with E-state index in [9.17, 15) is 4.79 Å². The van der Waals surface area contributed by atoms with E-state index >= 15 is 0 Å². The van der Waals surface area contributed by atoms with Gasteiger partial charge in [0.2, 0.25) is 0 Å². The molecule has 0 spiro atoms. The van der Waals surface area contributed by atoms with Gasteiger partial charge in [-0.1, -0.05) is 6.07 Å². The van der Waals surface area contributed by atoms with Crippen molar-refractivity contribution in [2.45, 2.75) is 12.8 Å². The standard InChI is InChI=1S/C13H19N3O2/c1-14-12-4-2-3-11(16-12)13(17)15-7-8-18-9-10-5-6-10/h2-4,10H,5-9H2,1H3,(H,14,16)(H,15,17). The molecule has 0 aliphatic heterocycles. The molecule has 5 nitrogen and oxygen atoms in total. The van der Waals surface area contributed by atoms with Crippen molar-refractivity contribution >= 4 is 11.7 Å². The molecule has 18 heavy (non-hydrogen) atoms. The lowest BCUT2D eigenvalue weighted by Crippen LogP contribution is -2.28. The first-order valence-corrected chi connectivity index (χ1v) is 6.30. The molecule has 1 amide bonds. The summed E-state index contributed by atoms with van der Waals surface area (Å²) in [6.45, 7) is 1.91. The molecule has 0 radical (unpaired) electrons. The summed E-state index contributed by atoms with van der Waals surface area (Å²) in [5.41, 5.74) is 0.420. The molecule has 1 aliphatic carbocycles. The second kappa shape index (κ2) is 6.35. The fourth-order valence-corrected chi connectivity index (χ4v) is 1.56. The normalized spacial score (nSPS) is 14.3. The van der Waals surface area contributed by atoms with Gasteiger partial charge in [0, 0.05) is 20.2 Å². The van der Waals surface area contributed by atoms with E-state index in [1.54, 1.807) is 19.2 Å². The molecule has 0 saturated heterocycles. The van der Waals surface area contributed by atoms with Crippen molar-refractivity contribution in [2.75, 3.05) is 32.1 Å². The molecule has 0 bridgehead atoms. The predicted molar refractivity (Wildman–Crippen MR) is 69.7 cm³/mol. The highest BCUT2D eigenvalue weighted by Crippen LogP contribution is 2.28. The van der Waals surface area contributed by atoms with E-state index in [2.05, 4.69) is 15.6 Å². The number of pyridine rings is 1. The largest absolute Gasteiger partial charge is 0.379 e. The summed E-state index contributed by atoms with van der Waals surface area (Å²) in [6, 6.07) is 5.31. The SMILES string of the molecule is CNc1cccc(C(=O)NCCOCC2CC2)n1. The highest BCUT2D eigenvalue weighted by Gasteiger charge is 2.20. The Morgan fingerprint density at radius 2 is 2.33 bits per heavy atom. The van der Waals surface area contributed by atoms with Crippen LogP contribution in [0.25, 0.3) is 0 Å².